The van der Waals surface area contributed by atoms with E-state index in [4.69, 9.17) is 23.2 Å². The van der Waals surface area contributed by atoms with Crippen LogP contribution in [0.25, 0.3) is 11.3 Å². The molecule has 0 amide bonds. The van der Waals surface area contributed by atoms with Crippen molar-refractivity contribution < 1.29 is 8.42 Å². The highest BCUT2D eigenvalue weighted by Gasteiger charge is 2.15. The Morgan fingerprint density at radius 2 is 1.69 bits per heavy atom. The first-order valence-electron chi connectivity index (χ1n) is 9.07. The molecule has 1 aromatic heterocycles. The predicted octanol–water partition coefficient (Wildman–Crippen LogP) is 5.60. The largest absolute Gasteiger partial charge is 0.316 e. The molecule has 154 valence electrons. The van der Waals surface area contributed by atoms with Crippen molar-refractivity contribution in [2.45, 2.75) is 25.3 Å². The van der Waals surface area contributed by atoms with Crippen LogP contribution in [0, 0.1) is 0 Å². The molecule has 1 heterocycles. The number of sulfonamides is 1. The normalized spacial score (nSPS) is 10.8. The molecule has 3 aromatic rings. The molecule has 0 radical (unpaired) electrons. The van der Waals surface area contributed by atoms with E-state index in [2.05, 4.69) is 15.0 Å². The van der Waals surface area contributed by atoms with Gasteiger partial charge in [0.1, 0.15) is 0 Å². The predicted molar refractivity (Wildman–Crippen MR) is 121 cm³/mol. The summed E-state index contributed by atoms with van der Waals surface area (Å²) in [5.74, 6) is 0. The van der Waals surface area contributed by atoms with Crippen LogP contribution >= 0.6 is 23.2 Å². The molecule has 0 aliphatic carbocycles. The van der Waals surface area contributed by atoms with E-state index < -0.39 is 10.0 Å². The number of aromatic nitrogens is 1. The average Bonchev–Trinajstić information content (AvgIpc) is 2.70. The number of anilines is 1. The number of nitrogens with one attached hydrogen (secondary N) is 2. The van der Waals surface area contributed by atoms with E-state index >= 15 is 0 Å². The van der Waals surface area contributed by atoms with Gasteiger partial charge in [0.15, 0.2) is 0 Å². The Hall–Kier alpha value is -2.12. The number of hydrogen-bond donors (Lipinski definition) is 2. The molecule has 0 saturated heterocycles. The highest BCUT2D eigenvalue weighted by Crippen LogP contribution is 2.29. The van der Waals surface area contributed by atoms with Gasteiger partial charge < -0.3 is 5.32 Å². The summed E-state index contributed by atoms with van der Waals surface area (Å²) in [5.41, 5.74) is 2.73. The van der Waals surface area contributed by atoms with E-state index in [9.17, 15) is 8.42 Å². The Balaban J connectivity index is 0.00000145. The van der Waals surface area contributed by atoms with E-state index in [1.54, 1.807) is 30.3 Å². The third kappa shape index (κ3) is 6.18. The zero-order chi connectivity index (χ0) is 21.4. The molecule has 0 spiro atoms. The maximum atomic E-state index is 12.6. The van der Waals surface area contributed by atoms with Crippen LogP contribution in [0.4, 0.5) is 5.69 Å². The molecule has 5 nitrogen and oxygen atoms in total. The summed E-state index contributed by atoms with van der Waals surface area (Å²) in [4.78, 5) is 4.35. The molecule has 0 aliphatic heterocycles. The van der Waals surface area contributed by atoms with Crippen LogP contribution in [0.3, 0.4) is 0 Å². The molecule has 0 unspecified atom stereocenters. The summed E-state index contributed by atoms with van der Waals surface area (Å²) in [7, 11) is -1.87. The number of pyridine rings is 1. The fraction of sp³-hybridized carbons (Fsp3) is 0.190. The topological polar surface area (TPSA) is 71.1 Å². The minimum Gasteiger partial charge on any atom is -0.316 e. The van der Waals surface area contributed by atoms with Crippen LogP contribution < -0.4 is 10.0 Å². The van der Waals surface area contributed by atoms with Crippen LogP contribution in [0.5, 0.6) is 0 Å². The van der Waals surface area contributed by atoms with Gasteiger partial charge in [0, 0.05) is 24.0 Å². The molecular formula is C21H23Cl2N3O2S. The number of nitrogens with zero attached hydrogens (tertiary/aromatic N) is 1. The van der Waals surface area contributed by atoms with Crippen molar-refractivity contribution in [3.63, 3.8) is 0 Å². The lowest BCUT2D eigenvalue weighted by molar-refractivity contribution is 0.601. The second kappa shape index (κ2) is 10.6. The molecule has 0 saturated carbocycles. The van der Waals surface area contributed by atoms with Crippen LogP contribution in [-0.4, -0.2) is 20.4 Å². The second-order valence-electron chi connectivity index (χ2n) is 5.84. The van der Waals surface area contributed by atoms with Crippen LogP contribution in [0.2, 0.25) is 10.0 Å². The van der Waals surface area contributed by atoms with E-state index in [-0.39, 0.29) is 4.90 Å². The van der Waals surface area contributed by atoms with Gasteiger partial charge in [0.05, 0.1) is 20.6 Å². The zero-order valence-electron chi connectivity index (χ0n) is 16.4. The Morgan fingerprint density at radius 3 is 2.31 bits per heavy atom. The third-order valence-corrected chi connectivity index (χ3v) is 5.70. The average molecular weight is 452 g/mol. The van der Waals surface area contributed by atoms with Gasteiger partial charge >= 0.3 is 0 Å². The zero-order valence-corrected chi connectivity index (χ0v) is 18.7. The van der Waals surface area contributed by atoms with E-state index in [0.29, 0.717) is 33.5 Å². The smallest absolute Gasteiger partial charge is 0.261 e. The lowest BCUT2D eigenvalue weighted by Gasteiger charge is -2.10. The summed E-state index contributed by atoms with van der Waals surface area (Å²) < 4.78 is 27.9. The van der Waals surface area contributed by atoms with Crippen molar-refractivity contribution in [1.29, 1.82) is 0 Å². The van der Waals surface area contributed by atoms with Gasteiger partial charge in [-0.25, -0.2) is 8.42 Å². The summed E-state index contributed by atoms with van der Waals surface area (Å²) in [6.07, 6.45) is 1.49. The number of benzene rings is 2. The van der Waals surface area contributed by atoms with E-state index in [1.807, 2.05) is 33.0 Å². The van der Waals surface area contributed by atoms with Crippen molar-refractivity contribution in [3.05, 3.63) is 76.4 Å². The van der Waals surface area contributed by atoms with Crippen LogP contribution in [-0.2, 0) is 16.6 Å². The molecule has 0 atom stereocenters. The Labute approximate surface area is 182 Å². The summed E-state index contributed by atoms with van der Waals surface area (Å²) in [6.45, 7) is 4.65. The molecule has 2 aromatic carbocycles. The Morgan fingerprint density at radius 1 is 1.00 bits per heavy atom. The van der Waals surface area contributed by atoms with Gasteiger partial charge in [0.2, 0.25) is 0 Å². The SMILES string of the molecule is CC.CNCc1cccc(NS(=O)(=O)c2ccc(-c3ncc(Cl)cc3Cl)cc2)c1. The van der Waals surface area contributed by atoms with Gasteiger partial charge in [-0.3, -0.25) is 9.71 Å². The minimum absolute atomic E-state index is 0.148. The summed E-state index contributed by atoms with van der Waals surface area (Å²) >= 11 is 12.0. The highest BCUT2D eigenvalue weighted by atomic mass is 35.5. The van der Waals surface area contributed by atoms with Gasteiger partial charge in [-0.05, 0) is 42.9 Å². The molecule has 8 heteroatoms. The third-order valence-electron chi connectivity index (χ3n) is 3.81. The fourth-order valence-electron chi connectivity index (χ4n) is 2.58. The standard InChI is InChI=1S/C19H17Cl2N3O2S.C2H6/c1-22-11-13-3-2-4-16(9-13)24-27(25,26)17-7-5-14(6-8-17)19-18(21)10-15(20)12-23-19;1-2/h2-10,12,22,24H,11H2,1H3;1-2H3. The maximum absolute atomic E-state index is 12.6. The summed E-state index contributed by atoms with van der Waals surface area (Å²) in [5, 5.41) is 3.87. The van der Waals surface area contributed by atoms with Crippen molar-refractivity contribution in [2.24, 2.45) is 0 Å². The molecule has 0 fully saturated rings. The first kappa shape index (κ1) is 23.2. The lowest BCUT2D eigenvalue weighted by Crippen LogP contribution is -2.13. The molecule has 0 aliphatic rings. The van der Waals surface area contributed by atoms with Crippen molar-refractivity contribution >= 4 is 38.9 Å². The number of rotatable bonds is 6. The highest BCUT2D eigenvalue weighted by molar-refractivity contribution is 7.92. The first-order valence-corrected chi connectivity index (χ1v) is 11.3. The molecule has 29 heavy (non-hydrogen) atoms. The van der Waals surface area contributed by atoms with Crippen molar-refractivity contribution in [1.82, 2.24) is 10.3 Å². The number of halogens is 2. The molecular weight excluding hydrogens is 429 g/mol. The van der Waals surface area contributed by atoms with Gasteiger partial charge in [-0.1, -0.05) is 61.3 Å². The van der Waals surface area contributed by atoms with E-state index in [1.165, 1.54) is 18.3 Å². The quantitative estimate of drug-likeness (QED) is 0.511. The molecule has 3 rings (SSSR count). The van der Waals surface area contributed by atoms with Gasteiger partial charge in [0.25, 0.3) is 10.0 Å². The van der Waals surface area contributed by atoms with E-state index in [0.717, 1.165) is 5.56 Å². The summed E-state index contributed by atoms with van der Waals surface area (Å²) in [6, 6.07) is 15.2. The fourth-order valence-corrected chi connectivity index (χ4v) is 4.12. The monoisotopic (exact) mass is 451 g/mol. The Kier molecular flexibility index (Phi) is 8.46. The Bertz CT molecular complexity index is 1060. The number of hydrogen-bond acceptors (Lipinski definition) is 4. The van der Waals surface area contributed by atoms with Crippen molar-refractivity contribution in [2.75, 3.05) is 11.8 Å². The first-order chi connectivity index (χ1) is 13.9. The second-order valence-corrected chi connectivity index (χ2v) is 8.37. The maximum Gasteiger partial charge on any atom is 0.261 e. The molecule has 0 bridgehead atoms. The van der Waals surface area contributed by atoms with Crippen LogP contribution in [0.15, 0.2) is 65.7 Å². The van der Waals surface area contributed by atoms with Gasteiger partial charge in [-0.2, -0.15) is 0 Å². The van der Waals surface area contributed by atoms with Crippen LogP contribution in [0.1, 0.15) is 19.4 Å². The van der Waals surface area contributed by atoms with Crippen molar-refractivity contribution in [3.8, 4) is 11.3 Å². The molecule has 2 N–H and O–H groups in total. The minimum atomic E-state index is -3.71. The lowest BCUT2D eigenvalue weighted by atomic mass is 10.1. The van der Waals surface area contributed by atoms with Gasteiger partial charge in [-0.15, -0.1) is 0 Å².